The Balaban J connectivity index is 1.98. The zero-order valence-electron chi connectivity index (χ0n) is 11.6. The highest BCUT2D eigenvalue weighted by Gasteiger charge is 2.06. The average molecular weight is 243 g/mol. The maximum Gasteiger partial charge on any atom is 0.0597 e. The second-order valence-corrected chi connectivity index (χ2v) is 4.91. The van der Waals surface area contributed by atoms with Crippen LogP contribution in [0, 0.1) is 13.8 Å². The molecule has 3 heteroatoms. The minimum absolute atomic E-state index is 0.348. The summed E-state index contributed by atoms with van der Waals surface area (Å²) in [5.41, 5.74) is 4.90. The molecule has 0 saturated heterocycles. The van der Waals surface area contributed by atoms with Crippen LogP contribution in [0.15, 0.2) is 30.3 Å². The molecule has 0 saturated carbocycles. The molecule has 1 aromatic carbocycles. The average Bonchev–Trinajstić information content (AvgIpc) is 2.66. The first-order valence-electron chi connectivity index (χ1n) is 6.35. The van der Waals surface area contributed by atoms with Crippen LogP contribution in [0.2, 0.25) is 0 Å². The molecule has 1 aromatic heterocycles. The standard InChI is InChI=1S/C15H21N3/c1-11-5-7-14(8-6-11)13(3)16-10-15-9-12(2)17-18(15)4/h5-9,13,16H,10H2,1-4H3/t13-/m0/s1. The molecule has 1 heterocycles. The number of aryl methyl sites for hydroxylation is 3. The van der Waals surface area contributed by atoms with Gasteiger partial charge in [-0.1, -0.05) is 29.8 Å². The third-order valence-electron chi connectivity index (χ3n) is 3.27. The minimum atomic E-state index is 0.348. The Labute approximate surface area is 109 Å². The third-order valence-corrected chi connectivity index (χ3v) is 3.27. The van der Waals surface area contributed by atoms with E-state index >= 15 is 0 Å². The van der Waals surface area contributed by atoms with Gasteiger partial charge in [0.2, 0.25) is 0 Å². The van der Waals surface area contributed by atoms with Crippen LogP contribution in [0.5, 0.6) is 0 Å². The molecule has 0 bridgehead atoms. The summed E-state index contributed by atoms with van der Waals surface area (Å²) < 4.78 is 1.93. The first kappa shape index (κ1) is 12.8. The van der Waals surface area contributed by atoms with Crippen molar-refractivity contribution in [2.45, 2.75) is 33.4 Å². The summed E-state index contributed by atoms with van der Waals surface area (Å²) in [4.78, 5) is 0. The Hall–Kier alpha value is -1.61. The fourth-order valence-electron chi connectivity index (χ4n) is 2.06. The SMILES string of the molecule is Cc1ccc([C@H](C)NCc2cc(C)nn2C)cc1. The molecule has 0 aliphatic heterocycles. The molecule has 1 N–H and O–H groups in total. The van der Waals surface area contributed by atoms with Crippen molar-refractivity contribution in [3.63, 3.8) is 0 Å². The van der Waals surface area contributed by atoms with E-state index in [4.69, 9.17) is 0 Å². The molecule has 0 amide bonds. The van der Waals surface area contributed by atoms with Gasteiger partial charge in [0, 0.05) is 19.6 Å². The van der Waals surface area contributed by atoms with E-state index in [1.54, 1.807) is 0 Å². The Kier molecular flexibility index (Phi) is 3.82. The molecule has 0 unspecified atom stereocenters. The van der Waals surface area contributed by atoms with E-state index in [2.05, 4.69) is 54.6 Å². The van der Waals surface area contributed by atoms with Crippen molar-refractivity contribution in [1.82, 2.24) is 15.1 Å². The molecular weight excluding hydrogens is 222 g/mol. The van der Waals surface area contributed by atoms with Gasteiger partial charge in [-0.3, -0.25) is 4.68 Å². The Morgan fingerprint density at radius 3 is 2.44 bits per heavy atom. The van der Waals surface area contributed by atoms with E-state index < -0.39 is 0 Å². The summed E-state index contributed by atoms with van der Waals surface area (Å²) in [6.45, 7) is 7.16. The van der Waals surface area contributed by atoms with E-state index in [0.717, 1.165) is 12.2 Å². The fraction of sp³-hybridized carbons (Fsp3) is 0.400. The zero-order valence-corrected chi connectivity index (χ0v) is 11.6. The second-order valence-electron chi connectivity index (χ2n) is 4.91. The maximum absolute atomic E-state index is 4.35. The van der Waals surface area contributed by atoms with Crippen LogP contribution in [0.3, 0.4) is 0 Å². The highest BCUT2D eigenvalue weighted by atomic mass is 15.3. The van der Waals surface area contributed by atoms with E-state index in [9.17, 15) is 0 Å². The minimum Gasteiger partial charge on any atom is -0.305 e. The number of hydrogen-bond donors (Lipinski definition) is 1. The highest BCUT2D eigenvalue weighted by Crippen LogP contribution is 2.14. The van der Waals surface area contributed by atoms with Gasteiger partial charge < -0.3 is 5.32 Å². The van der Waals surface area contributed by atoms with Crippen molar-refractivity contribution in [2.24, 2.45) is 7.05 Å². The molecule has 96 valence electrons. The van der Waals surface area contributed by atoms with E-state index in [-0.39, 0.29) is 0 Å². The smallest absolute Gasteiger partial charge is 0.0597 e. The van der Waals surface area contributed by atoms with Crippen LogP contribution < -0.4 is 5.32 Å². The van der Waals surface area contributed by atoms with Crippen molar-refractivity contribution in [1.29, 1.82) is 0 Å². The molecule has 3 nitrogen and oxygen atoms in total. The number of nitrogens with one attached hydrogen (secondary N) is 1. The molecule has 2 aromatic rings. The zero-order chi connectivity index (χ0) is 13.1. The predicted molar refractivity (Wildman–Crippen MR) is 74.4 cm³/mol. The van der Waals surface area contributed by atoms with Gasteiger partial charge >= 0.3 is 0 Å². The van der Waals surface area contributed by atoms with Gasteiger partial charge in [0.1, 0.15) is 0 Å². The predicted octanol–water partition coefficient (Wildman–Crippen LogP) is 2.89. The van der Waals surface area contributed by atoms with E-state index in [1.165, 1.54) is 16.8 Å². The van der Waals surface area contributed by atoms with Gasteiger partial charge in [-0.15, -0.1) is 0 Å². The first-order chi connectivity index (χ1) is 8.56. The second kappa shape index (κ2) is 5.36. The molecule has 0 fully saturated rings. The molecule has 0 radical (unpaired) electrons. The van der Waals surface area contributed by atoms with Gasteiger partial charge in [0.15, 0.2) is 0 Å². The lowest BCUT2D eigenvalue weighted by atomic mass is 10.1. The normalized spacial score (nSPS) is 12.7. The lowest BCUT2D eigenvalue weighted by molar-refractivity contribution is 0.548. The van der Waals surface area contributed by atoms with E-state index in [1.807, 2.05) is 18.7 Å². The van der Waals surface area contributed by atoms with Crippen LogP contribution in [0.4, 0.5) is 0 Å². The number of rotatable bonds is 4. The largest absolute Gasteiger partial charge is 0.305 e. The van der Waals surface area contributed by atoms with Gasteiger partial charge in [-0.2, -0.15) is 5.10 Å². The summed E-state index contributed by atoms with van der Waals surface area (Å²) in [5, 5.41) is 7.88. The Bertz CT molecular complexity index is 511. The first-order valence-corrected chi connectivity index (χ1v) is 6.35. The quantitative estimate of drug-likeness (QED) is 0.895. The maximum atomic E-state index is 4.35. The topological polar surface area (TPSA) is 29.9 Å². The van der Waals surface area contributed by atoms with Crippen LogP contribution in [-0.2, 0) is 13.6 Å². The van der Waals surface area contributed by atoms with Crippen LogP contribution >= 0.6 is 0 Å². The van der Waals surface area contributed by atoms with Gasteiger partial charge in [0.05, 0.1) is 11.4 Å². The van der Waals surface area contributed by atoms with Crippen LogP contribution in [0.1, 0.15) is 35.5 Å². The number of nitrogens with zero attached hydrogens (tertiary/aromatic N) is 2. The number of hydrogen-bond acceptors (Lipinski definition) is 2. The van der Waals surface area contributed by atoms with Crippen molar-refractivity contribution in [3.05, 3.63) is 52.8 Å². The summed E-state index contributed by atoms with van der Waals surface area (Å²) in [7, 11) is 1.99. The molecule has 0 aliphatic rings. The van der Waals surface area contributed by atoms with Crippen molar-refractivity contribution >= 4 is 0 Å². The van der Waals surface area contributed by atoms with Crippen molar-refractivity contribution in [3.8, 4) is 0 Å². The molecule has 18 heavy (non-hydrogen) atoms. The van der Waals surface area contributed by atoms with Crippen molar-refractivity contribution in [2.75, 3.05) is 0 Å². The van der Waals surface area contributed by atoms with Gasteiger partial charge in [-0.05, 0) is 32.4 Å². The van der Waals surface area contributed by atoms with Crippen LogP contribution in [0.25, 0.3) is 0 Å². The van der Waals surface area contributed by atoms with E-state index in [0.29, 0.717) is 6.04 Å². The summed E-state index contributed by atoms with van der Waals surface area (Å²) >= 11 is 0. The van der Waals surface area contributed by atoms with Crippen LogP contribution in [-0.4, -0.2) is 9.78 Å². The van der Waals surface area contributed by atoms with Gasteiger partial charge in [-0.25, -0.2) is 0 Å². The fourth-order valence-corrected chi connectivity index (χ4v) is 2.06. The molecule has 2 rings (SSSR count). The number of benzene rings is 1. The highest BCUT2D eigenvalue weighted by molar-refractivity contribution is 5.23. The monoisotopic (exact) mass is 243 g/mol. The Morgan fingerprint density at radius 1 is 1.22 bits per heavy atom. The molecule has 1 atom stereocenters. The lowest BCUT2D eigenvalue weighted by Crippen LogP contribution is -2.19. The Morgan fingerprint density at radius 2 is 1.89 bits per heavy atom. The molecular formula is C15H21N3. The number of aromatic nitrogens is 2. The summed E-state index contributed by atoms with van der Waals surface area (Å²) in [5.74, 6) is 0. The lowest BCUT2D eigenvalue weighted by Gasteiger charge is -2.14. The third kappa shape index (κ3) is 2.99. The summed E-state index contributed by atoms with van der Waals surface area (Å²) in [6.07, 6.45) is 0. The molecule has 0 aliphatic carbocycles. The molecule has 0 spiro atoms. The summed E-state index contributed by atoms with van der Waals surface area (Å²) in [6, 6.07) is 11.1. The van der Waals surface area contributed by atoms with Crippen molar-refractivity contribution < 1.29 is 0 Å². The van der Waals surface area contributed by atoms with Gasteiger partial charge in [0.25, 0.3) is 0 Å².